The van der Waals surface area contributed by atoms with Crippen molar-refractivity contribution in [1.82, 2.24) is 5.32 Å². The Morgan fingerprint density at radius 1 is 1.78 bits per heavy atom. The summed E-state index contributed by atoms with van der Waals surface area (Å²) >= 11 is 0. The fraction of sp³-hybridized carbons (Fsp3) is 0.429. The molecule has 0 atom stereocenters. The van der Waals surface area contributed by atoms with Gasteiger partial charge in [0.05, 0.1) is 6.61 Å². The van der Waals surface area contributed by atoms with Gasteiger partial charge in [-0.2, -0.15) is 0 Å². The van der Waals surface area contributed by atoms with Gasteiger partial charge in [-0.1, -0.05) is 6.08 Å². The first-order valence-corrected chi connectivity index (χ1v) is 3.01. The molecule has 0 saturated heterocycles. The van der Waals surface area contributed by atoms with Gasteiger partial charge in [-0.3, -0.25) is 0 Å². The maximum absolute atomic E-state index is 4.94. The highest BCUT2D eigenvalue weighted by atomic mass is 16.5. The molecule has 0 spiro atoms. The van der Waals surface area contributed by atoms with Gasteiger partial charge in [0.2, 0.25) is 0 Å². The van der Waals surface area contributed by atoms with Gasteiger partial charge in [-0.15, -0.1) is 0 Å². The molecule has 0 fully saturated rings. The Hall–Kier alpha value is -0.760. The van der Waals surface area contributed by atoms with Crippen molar-refractivity contribution in [3.05, 3.63) is 24.0 Å². The molecular weight excluding hydrogens is 114 g/mol. The van der Waals surface area contributed by atoms with Crippen LogP contribution in [0.3, 0.4) is 0 Å². The fourth-order valence-corrected chi connectivity index (χ4v) is 0.789. The van der Waals surface area contributed by atoms with Gasteiger partial charge in [0, 0.05) is 13.3 Å². The molecule has 1 aliphatic rings. The highest BCUT2D eigenvalue weighted by Gasteiger charge is 1.95. The molecule has 0 saturated carbocycles. The number of nitrogens with one attached hydrogen (secondary N) is 1. The maximum Gasteiger partial charge on any atom is 0.0693 e. The molecule has 0 aromatic rings. The lowest BCUT2D eigenvalue weighted by molar-refractivity contribution is 0.223. The monoisotopic (exact) mass is 125 g/mol. The second-order valence-electron chi connectivity index (χ2n) is 2.01. The van der Waals surface area contributed by atoms with Crippen molar-refractivity contribution in [2.45, 2.75) is 6.42 Å². The smallest absolute Gasteiger partial charge is 0.0693 e. The van der Waals surface area contributed by atoms with Crippen LogP contribution in [0.5, 0.6) is 0 Å². The van der Waals surface area contributed by atoms with E-state index in [2.05, 4.69) is 11.4 Å². The van der Waals surface area contributed by atoms with Gasteiger partial charge in [-0.25, -0.2) is 0 Å². The van der Waals surface area contributed by atoms with E-state index in [1.807, 2.05) is 12.4 Å². The molecule has 0 aliphatic carbocycles. The molecule has 0 bridgehead atoms. The summed E-state index contributed by atoms with van der Waals surface area (Å²) in [4.78, 5) is 0. The Kier molecular flexibility index (Phi) is 2.33. The first kappa shape index (κ1) is 6.36. The molecule has 0 unspecified atom stereocenters. The van der Waals surface area contributed by atoms with Crippen molar-refractivity contribution in [3.63, 3.8) is 0 Å². The minimum atomic E-state index is 0.733. The summed E-state index contributed by atoms with van der Waals surface area (Å²) in [7, 11) is 1.71. The van der Waals surface area contributed by atoms with Crippen LogP contribution in [0.25, 0.3) is 0 Å². The summed E-state index contributed by atoms with van der Waals surface area (Å²) < 4.78 is 4.94. The quantitative estimate of drug-likeness (QED) is 0.595. The van der Waals surface area contributed by atoms with E-state index < -0.39 is 0 Å². The lowest BCUT2D eigenvalue weighted by atomic mass is 10.2. The molecule has 1 N–H and O–H groups in total. The van der Waals surface area contributed by atoms with E-state index in [0.717, 1.165) is 13.0 Å². The summed E-state index contributed by atoms with van der Waals surface area (Å²) in [5, 5.41) is 3.00. The first-order chi connectivity index (χ1) is 4.43. The molecule has 0 amide bonds. The highest BCUT2D eigenvalue weighted by Crippen LogP contribution is 2.04. The number of hydrogen-bond acceptors (Lipinski definition) is 2. The van der Waals surface area contributed by atoms with Gasteiger partial charge >= 0.3 is 0 Å². The molecule has 1 aliphatic heterocycles. The zero-order valence-electron chi connectivity index (χ0n) is 5.55. The van der Waals surface area contributed by atoms with Crippen molar-refractivity contribution >= 4 is 0 Å². The predicted octanol–water partition coefficient (Wildman–Crippen LogP) is 1.02. The zero-order chi connectivity index (χ0) is 6.53. The van der Waals surface area contributed by atoms with Gasteiger partial charge < -0.3 is 10.1 Å². The molecule has 50 valence electrons. The van der Waals surface area contributed by atoms with Crippen LogP contribution < -0.4 is 5.32 Å². The fourth-order valence-electron chi connectivity index (χ4n) is 0.789. The Labute approximate surface area is 55.2 Å². The highest BCUT2D eigenvalue weighted by molar-refractivity contribution is 5.12. The topological polar surface area (TPSA) is 21.3 Å². The standard InChI is InChI=1S/C7H11NO/c1-9-6-7-3-2-4-8-5-7/h2,4-5,8H,3,6H2,1H3. The zero-order valence-corrected chi connectivity index (χ0v) is 5.55. The minimum absolute atomic E-state index is 0.733. The largest absolute Gasteiger partial charge is 0.380 e. The molecular formula is C7H11NO. The van der Waals surface area contributed by atoms with Crippen molar-refractivity contribution in [1.29, 1.82) is 0 Å². The molecule has 0 aromatic carbocycles. The summed E-state index contributed by atoms with van der Waals surface area (Å²) in [5.41, 5.74) is 1.29. The van der Waals surface area contributed by atoms with Crippen LogP contribution in [-0.2, 0) is 4.74 Å². The second-order valence-corrected chi connectivity index (χ2v) is 2.01. The van der Waals surface area contributed by atoms with Crippen LogP contribution in [0.1, 0.15) is 6.42 Å². The number of dihydropyridines is 1. The Balaban J connectivity index is 2.32. The molecule has 2 nitrogen and oxygen atoms in total. The Morgan fingerprint density at radius 2 is 2.67 bits per heavy atom. The molecule has 2 heteroatoms. The number of hydrogen-bond donors (Lipinski definition) is 1. The Bertz CT molecular complexity index is 138. The molecule has 1 heterocycles. The lowest BCUT2D eigenvalue weighted by Gasteiger charge is -2.06. The normalized spacial score (nSPS) is 16.8. The number of rotatable bonds is 2. The van der Waals surface area contributed by atoms with Crippen molar-refractivity contribution < 1.29 is 4.74 Å². The third kappa shape index (κ3) is 1.90. The van der Waals surface area contributed by atoms with Crippen LogP contribution in [0.15, 0.2) is 24.0 Å². The van der Waals surface area contributed by atoms with Gasteiger partial charge in [0.25, 0.3) is 0 Å². The molecule has 9 heavy (non-hydrogen) atoms. The number of methoxy groups -OCH3 is 1. The average molecular weight is 125 g/mol. The van der Waals surface area contributed by atoms with Crippen LogP contribution in [0.2, 0.25) is 0 Å². The number of allylic oxidation sites excluding steroid dienone is 1. The SMILES string of the molecule is COCC1=CNC=CC1. The van der Waals surface area contributed by atoms with Crippen LogP contribution in [0.4, 0.5) is 0 Å². The van der Waals surface area contributed by atoms with Gasteiger partial charge in [0.15, 0.2) is 0 Å². The van der Waals surface area contributed by atoms with E-state index in [1.165, 1.54) is 5.57 Å². The van der Waals surface area contributed by atoms with E-state index >= 15 is 0 Å². The van der Waals surface area contributed by atoms with E-state index in [9.17, 15) is 0 Å². The first-order valence-electron chi connectivity index (χ1n) is 3.01. The van der Waals surface area contributed by atoms with E-state index in [1.54, 1.807) is 7.11 Å². The minimum Gasteiger partial charge on any atom is -0.380 e. The Morgan fingerprint density at radius 3 is 3.22 bits per heavy atom. The predicted molar refractivity (Wildman–Crippen MR) is 36.9 cm³/mol. The summed E-state index contributed by atoms with van der Waals surface area (Å²) in [6, 6.07) is 0. The van der Waals surface area contributed by atoms with Gasteiger partial charge in [0.1, 0.15) is 0 Å². The second kappa shape index (κ2) is 3.30. The van der Waals surface area contributed by atoms with E-state index in [0.29, 0.717) is 0 Å². The van der Waals surface area contributed by atoms with E-state index in [-0.39, 0.29) is 0 Å². The molecule has 1 rings (SSSR count). The number of ether oxygens (including phenoxy) is 1. The van der Waals surface area contributed by atoms with Crippen molar-refractivity contribution in [2.24, 2.45) is 0 Å². The summed E-state index contributed by atoms with van der Waals surface area (Å²) in [5.74, 6) is 0. The maximum atomic E-state index is 4.94. The van der Waals surface area contributed by atoms with Crippen LogP contribution in [0, 0.1) is 0 Å². The van der Waals surface area contributed by atoms with Gasteiger partial charge in [-0.05, 0) is 18.2 Å². The molecule has 0 aromatic heterocycles. The molecule has 0 radical (unpaired) electrons. The lowest BCUT2D eigenvalue weighted by Crippen LogP contribution is -2.04. The third-order valence-electron chi connectivity index (χ3n) is 1.21. The summed E-state index contributed by atoms with van der Waals surface area (Å²) in [6.45, 7) is 0.733. The van der Waals surface area contributed by atoms with E-state index in [4.69, 9.17) is 4.74 Å². The van der Waals surface area contributed by atoms with Crippen LogP contribution in [-0.4, -0.2) is 13.7 Å². The third-order valence-corrected chi connectivity index (χ3v) is 1.21. The van der Waals surface area contributed by atoms with Crippen molar-refractivity contribution in [2.75, 3.05) is 13.7 Å². The average Bonchev–Trinajstić information content (AvgIpc) is 1.91. The van der Waals surface area contributed by atoms with Crippen molar-refractivity contribution in [3.8, 4) is 0 Å². The summed E-state index contributed by atoms with van der Waals surface area (Å²) in [6.07, 6.45) is 7.00. The van der Waals surface area contributed by atoms with Crippen LogP contribution >= 0.6 is 0 Å².